The molecular weight excluding hydrogens is 458 g/mol. The minimum absolute atomic E-state index is 0.102. The number of amides is 1. The Hall–Kier alpha value is -3.01. The molecule has 2 heterocycles. The number of carbonyl (C=O) groups excluding carboxylic acids is 1. The van der Waals surface area contributed by atoms with Crippen LogP contribution in [0.15, 0.2) is 69.1 Å². The Labute approximate surface area is 196 Å². The fourth-order valence-corrected chi connectivity index (χ4v) is 5.99. The highest BCUT2D eigenvalue weighted by Crippen LogP contribution is 2.24. The maximum Gasteiger partial charge on any atom is 0.279 e. The largest absolute Gasteiger partial charge is 0.468 e. The van der Waals surface area contributed by atoms with E-state index in [2.05, 4.69) is 24.0 Å². The molecule has 0 saturated carbocycles. The Bertz CT molecular complexity index is 1480. The van der Waals surface area contributed by atoms with E-state index in [-0.39, 0.29) is 11.4 Å². The van der Waals surface area contributed by atoms with Crippen molar-refractivity contribution in [2.45, 2.75) is 38.8 Å². The highest BCUT2D eigenvalue weighted by atomic mass is 32.2. The number of benzene rings is 2. The molecule has 2 aromatic carbocycles. The number of aromatic nitrogens is 1. The van der Waals surface area contributed by atoms with Crippen LogP contribution < -0.4 is 4.80 Å². The Morgan fingerprint density at radius 1 is 1.15 bits per heavy atom. The van der Waals surface area contributed by atoms with Gasteiger partial charge in [0.1, 0.15) is 5.76 Å². The summed E-state index contributed by atoms with van der Waals surface area (Å²) in [5, 5.41) is 0. The quantitative estimate of drug-likeness (QED) is 0.404. The lowest BCUT2D eigenvalue weighted by atomic mass is 10.1. The first kappa shape index (κ1) is 23.2. The molecule has 0 unspecified atom stereocenters. The number of rotatable bonds is 6. The van der Waals surface area contributed by atoms with Crippen LogP contribution in [-0.2, 0) is 23.1 Å². The number of aryl methyl sites for hydroxylation is 3. The molecule has 4 rings (SSSR count). The summed E-state index contributed by atoms with van der Waals surface area (Å²) in [6.45, 7) is 6.93. The van der Waals surface area contributed by atoms with Gasteiger partial charge >= 0.3 is 0 Å². The Morgan fingerprint density at radius 3 is 2.52 bits per heavy atom. The lowest BCUT2D eigenvalue weighted by molar-refractivity contribution is 0.0997. The molecule has 0 fully saturated rings. The zero-order valence-corrected chi connectivity index (χ0v) is 20.5. The molecule has 0 bridgehead atoms. The van der Waals surface area contributed by atoms with E-state index in [0.717, 1.165) is 21.3 Å². The van der Waals surface area contributed by atoms with Crippen molar-refractivity contribution in [2.75, 3.05) is 7.05 Å². The van der Waals surface area contributed by atoms with E-state index in [1.165, 1.54) is 53.2 Å². The van der Waals surface area contributed by atoms with Gasteiger partial charge in [-0.3, -0.25) is 4.79 Å². The standard InChI is InChI=1S/C24H25N3O4S2/c1-5-27-21-14-16(2)13-17(3)22(21)32-24(27)25-23(28)18-8-10-20(11-9-18)33(29,30)26(4)15-19-7-6-12-31-19/h6-14H,5,15H2,1-4H3. The van der Waals surface area contributed by atoms with E-state index in [9.17, 15) is 13.2 Å². The number of carbonyl (C=O) groups is 1. The average Bonchev–Trinajstić information content (AvgIpc) is 3.41. The van der Waals surface area contributed by atoms with Crippen molar-refractivity contribution in [3.05, 3.63) is 82.0 Å². The SMILES string of the molecule is CCn1c(=NC(=O)c2ccc(S(=O)(=O)N(C)Cc3ccco3)cc2)sc2c(C)cc(C)cc21. The lowest BCUT2D eigenvalue weighted by Crippen LogP contribution is -2.26. The van der Waals surface area contributed by atoms with E-state index in [4.69, 9.17) is 4.42 Å². The van der Waals surface area contributed by atoms with Crippen LogP contribution in [0.3, 0.4) is 0 Å². The van der Waals surface area contributed by atoms with E-state index in [1.807, 2.05) is 18.4 Å². The van der Waals surface area contributed by atoms with Crippen LogP contribution in [0.1, 0.15) is 34.2 Å². The molecule has 7 nitrogen and oxygen atoms in total. The van der Waals surface area contributed by atoms with Crippen molar-refractivity contribution < 1.29 is 17.6 Å². The second kappa shape index (κ2) is 9.09. The number of furan rings is 1. The van der Waals surface area contributed by atoms with Gasteiger partial charge in [0.05, 0.1) is 27.9 Å². The highest BCUT2D eigenvalue weighted by molar-refractivity contribution is 7.89. The third kappa shape index (κ3) is 4.57. The van der Waals surface area contributed by atoms with Crippen molar-refractivity contribution >= 4 is 37.5 Å². The fraction of sp³-hybridized carbons (Fsp3) is 0.250. The molecule has 9 heteroatoms. The topological polar surface area (TPSA) is 84.9 Å². The predicted molar refractivity (Wildman–Crippen MR) is 129 cm³/mol. The summed E-state index contributed by atoms with van der Waals surface area (Å²) in [5.41, 5.74) is 3.70. The molecule has 0 radical (unpaired) electrons. The summed E-state index contributed by atoms with van der Waals surface area (Å²) in [6, 6.07) is 13.5. The number of sulfonamides is 1. The molecule has 0 aliphatic carbocycles. The third-order valence-electron chi connectivity index (χ3n) is 5.40. The maximum absolute atomic E-state index is 12.9. The van der Waals surface area contributed by atoms with E-state index in [1.54, 1.807) is 12.1 Å². The van der Waals surface area contributed by atoms with Gasteiger partial charge in [0.15, 0.2) is 4.80 Å². The fourth-order valence-electron chi connectivity index (χ4n) is 3.71. The molecule has 172 valence electrons. The lowest BCUT2D eigenvalue weighted by Gasteiger charge is -2.16. The van der Waals surface area contributed by atoms with Gasteiger partial charge in [0.2, 0.25) is 10.0 Å². The van der Waals surface area contributed by atoms with Crippen LogP contribution in [0.5, 0.6) is 0 Å². The summed E-state index contributed by atoms with van der Waals surface area (Å²) in [6.07, 6.45) is 1.50. The summed E-state index contributed by atoms with van der Waals surface area (Å²) >= 11 is 1.48. The molecule has 0 aliphatic rings. The predicted octanol–water partition coefficient (Wildman–Crippen LogP) is 4.49. The average molecular weight is 484 g/mol. The van der Waals surface area contributed by atoms with Gasteiger partial charge in [-0.05, 0) is 74.4 Å². The van der Waals surface area contributed by atoms with Gasteiger partial charge in [-0.15, -0.1) is 0 Å². The zero-order chi connectivity index (χ0) is 23.8. The summed E-state index contributed by atoms with van der Waals surface area (Å²) in [4.78, 5) is 18.0. The van der Waals surface area contributed by atoms with E-state index >= 15 is 0 Å². The monoisotopic (exact) mass is 483 g/mol. The molecule has 2 aromatic heterocycles. The first-order valence-corrected chi connectivity index (χ1v) is 12.7. The van der Waals surface area contributed by atoms with Crippen molar-refractivity contribution in [3.8, 4) is 0 Å². The number of nitrogens with zero attached hydrogens (tertiary/aromatic N) is 3. The molecule has 0 saturated heterocycles. The van der Waals surface area contributed by atoms with Crippen LogP contribution in [0.4, 0.5) is 0 Å². The Kier molecular flexibility index (Phi) is 6.38. The van der Waals surface area contributed by atoms with Crippen LogP contribution in [0.2, 0.25) is 0 Å². The summed E-state index contributed by atoms with van der Waals surface area (Å²) < 4.78 is 35.3. The number of fused-ring (bicyclic) bond motifs is 1. The minimum atomic E-state index is -3.72. The first-order valence-electron chi connectivity index (χ1n) is 10.5. The highest BCUT2D eigenvalue weighted by Gasteiger charge is 2.22. The number of hydrogen-bond donors (Lipinski definition) is 0. The van der Waals surface area contributed by atoms with Gasteiger partial charge in [-0.2, -0.15) is 9.30 Å². The van der Waals surface area contributed by atoms with Crippen LogP contribution in [0.25, 0.3) is 10.2 Å². The van der Waals surface area contributed by atoms with Crippen LogP contribution in [0, 0.1) is 13.8 Å². The third-order valence-corrected chi connectivity index (χ3v) is 8.44. The molecule has 0 atom stereocenters. The van der Waals surface area contributed by atoms with Crippen molar-refractivity contribution in [2.24, 2.45) is 4.99 Å². The second-order valence-corrected chi connectivity index (χ2v) is 10.9. The zero-order valence-electron chi connectivity index (χ0n) is 18.9. The number of thiazole rings is 1. The molecule has 1 amide bonds. The van der Waals surface area contributed by atoms with Crippen molar-refractivity contribution in [1.82, 2.24) is 8.87 Å². The van der Waals surface area contributed by atoms with E-state index < -0.39 is 15.9 Å². The van der Waals surface area contributed by atoms with Crippen LogP contribution in [-0.4, -0.2) is 30.2 Å². The van der Waals surface area contributed by atoms with E-state index in [0.29, 0.717) is 22.7 Å². The normalized spacial score (nSPS) is 12.7. The van der Waals surface area contributed by atoms with Gasteiger partial charge in [-0.25, -0.2) is 8.42 Å². The van der Waals surface area contributed by atoms with Crippen LogP contribution >= 0.6 is 11.3 Å². The van der Waals surface area contributed by atoms with Crippen molar-refractivity contribution in [3.63, 3.8) is 0 Å². The first-order chi connectivity index (χ1) is 15.7. The molecule has 0 spiro atoms. The Balaban J connectivity index is 1.63. The molecule has 4 aromatic rings. The Morgan fingerprint density at radius 2 is 1.88 bits per heavy atom. The molecule has 0 N–H and O–H groups in total. The summed E-state index contributed by atoms with van der Waals surface area (Å²) in [7, 11) is -2.24. The van der Waals surface area contributed by atoms with Gasteiger partial charge in [-0.1, -0.05) is 17.4 Å². The van der Waals surface area contributed by atoms with Gasteiger partial charge in [0.25, 0.3) is 5.91 Å². The molecular formula is C24H25N3O4S2. The second-order valence-electron chi connectivity index (χ2n) is 7.84. The van der Waals surface area contributed by atoms with Gasteiger partial charge < -0.3 is 8.98 Å². The summed E-state index contributed by atoms with van der Waals surface area (Å²) in [5.74, 6) is 0.135. The van der Waals surface area contributed by atoms with Gasteiger partial charge in [0, 0.05) is 19.2 Å². The smallest absolute Gasteiger partial charge is 0.279 e. The van der Waals surface area contributed by atoms with Crippen molar-refractivity contribution in [1.29, 1.82) is 0 Å². The minimum Gasteiger partial charge on any atom is -0.468 e. The molecule has 0 aliphatic heterocycles. The molecule has 33 heavy (non-hydrogen) atoms. The number of hydrogen-bond acceptors (Lipinski definition) is 5. The maximum atomic E-state index is 12.9.